The first kappa shape index (κ1) is 14.9. The summed E-state index contributed by atoms with van der Waals surface area (Å²) in [5.41, 5.74) is 8.09. The molecule has 2 heterocycles. The van der Waals surface area contributed by atoms with Gasteiger partial charge in [-0.05, 0) is 29.0 Å². The molecule has 0 bridgehead atoms. The number of nitrogens with two attached hydrogens (primary N) is 1. The van der Waals surface area contributed by atoms with Gasteiger partial charge in [-0.1, -0.05) is 12.1 Å². The molecule has 116 valence electrons. The number of rotatable bonds is 5. The van der Waals surface area contributed by atoms with Gasteiger partial charge in [-0.15, -0.1) is 21.5 Å². The fourth-order valence-corrected chi connectivity index (χ4v) is 2.89. The number of hydrogen-bond donors (Lipinski definition) is 3. The predicted octanol–water partition coefficient (Wildman–Crippen LogP) is 2.22. The zero-order valence-electron chi connectivity index (χ0n) is 11.9. The number of H-pyrrole nitrogens is 1. The molecule has 0 spiro atoms. The highest BCUT2D eigenvalue weighted by Gasteiger charge is 2.11. The van der Waals surface area contributed by atoms with Crippen molar-refractivity contribution in [3.63, 3.8) is 0 Å². The van der Waals surface area contributed by atoms with E-state index in [-0.39, 0.29) is 11.6 Å². The van der Waals surface area contributed by atoms with E-state index in [4.69, 9.17) is 5.73 Å². The monoisotopic (exact) mass is 327 g/mol. The van der Waals surface area contributed by atoms with Crippen LogP contribution in [0.3, 0.4) is 0 Å². The van der Waals surface area contributed by atoms with Crippen LogP contribution in [0.2, 0.25) is 0 Å². The van der Waals surface area contributed by atoms with Gasteiger partial charge in [0.1, 0.15) is 5.76 Å². The van der Waals surface area contributed by atoms with Gasteiger partial charge in [0.25, 0.3) is 0 Å². The first-order valence-corrected chi connectivity index (χ1v) is 7.60. The molecular formula is C15H13N5O2S. The quantitative estimate of drug-likeness (QED) is 0.286. The summed E-state index contributed by atoms with van der Waals surface area (Å²) in [6.07, 6.45) is 1.82. The molecule has 4 N–H and O–H groups in total. The van der Waals surface area contributed by atoms with Gasteiger partial charge in [0.05, 0.1) is 0 Å². The Morgan fingerprint density at radius 2 is 2.13 bits per heavy atom. The van der Waals surface area contributed by atoms with E-state index in [0.29, 0.717) is 5.56 Å². The molecule has 8 heteroatoms. The van der Waals surface area contributed by atoms with E-state index < -0.39 is 5.78 Å². The van der Waals surface area contributed by atoms with E-state index in [1.54, 1.807) is 5.38 Å². The number of anilines is 1. The van der Waals surface area contributed by atoms with E-state index in [1.165, 1.54) is 11.3 Å². The van der Waals surface area contributed by atoms with Crippen molar-refractivity contribution in [3.05, 3.63) is 63.6 Å². The van der Waals surface area contributed by atoms with Crippen LogP contribution in [0.25, 0.3) is 5.76 Å². The minimum absolute atomic E-state index is 0.0890. The van der Waals surface area contributed by atoms with E-state index in [1.807, 2.05) is 30.3 Å². The topological polar surface area (TPSA) is 118 Å². The van der Waals surface area contributed by atoms with Crippen molar-refractivity contribution >= 4 is 28.6 Å². The average Bonchev–Trinajstić information content (AvgIpc) is 3.21. The molecule has 0 amide bonds. The van der Waals surface area contributed by atoms with Crippen LogP contribution in [0.15, 0.2) is 41.8 Å². The van der Waals surface area contributed by atoms with Gasteiger partial charge in [0.15, 0.2) is 0 Å². The Balaban J connectivity index is 1.73. The number of carbonyl (C=O) groups excluding carboxylic acids is 1. The molecule has 0 aliphatic rings. The van der Waals surface area contributed by atoms with Crippen molar-refractivity contribution < 1.29 is 9.90 Å². The molecule has 0 aliphatic heterocycles. The minimum Gasteiger partial charge on any atom is -0.507 e. The lowest BCUT2D eigenvalue weighted by Gasteiger charge is -1.99. The second-order valence-corrected chi connectivity index (χ2v) is 5.85. The molecule has 0 unspecified atom stereocenters. The predicted molar refractivity (Wildman–Crippen MR) is 87.1 cm³/mol. The summed E-state index contributed by atoms with van der Waals surface area (Å²) in [4.78, 5) is 12.9. The van der Waals surface area contributed by atoms with Crippen LogP contribution in [0.4, 0.5) is 5.69 Å². The molecule has 0 fully saturated rings. The Morgan fingerprint density at radius 1 is 1.35 bits per heavy atom. The standard InChI is InChI=1S/C15H13N5O2S/c16-11-3-1-9(2-4-11)5-12-6-10(8-23-12)13(21)7-14(22)15-17-19-20-18-15/h1-4,6-8,21H,5,16H2,(H,17,18,19,20). The molecule has 7 nitrogen and oxygen atoms in total. The zero-order chi connectivity index (χ0) is 16.2. The van der Waals surface area contributed by atoms with Gasteiger partial charge in [-0.2, -0.15) is 5.21 Å². The summed E-state index contributed by atoms with van der Waals surface area (Å²) in [6, 6.07) is 9.47. The Kier molecular flexibility index (Phi) is 4.15. The number of aromatic amines is 1. The van der Waals surface area contributed by atoms with Gasteiger partial charge in [0, 0.05) is 34.0 Å². The van der Waals surface area contributed by atoms with Crippen molar-refractivity contribution in [2.45, 2.75) is 6.42 Å². The number of aliphatic hydroxyl groups is 1. The van der Waals surface area contributed by atoms with E-state index in [0.717, 1.165) is 28.6 Å². The Morgan fingerprint density at radius 3 is 2.83 bits per heavy atom. The van der Waals surface area contributed by atoms with E-state index >= 15 is 0 Å². The molecule has 2 aromatic heterocycles. The number of aromatic nitrogens is 4. The summed E-state index contributed by atoms with van der Waals surface area (Å²) in [7, 11) is 0. The molecule has 0 aliphatic carbocycles. The van der Waals surface area contributed by atoms with Crippen molar-refractivity contribution in [3.8, 4) is 0 Å². The molecule has 0 atom stereocenters. The number of ketones is 1. The smallest absolute Gasteiger partial charge is 0.244 e. The molecule has 1 aromatic carbocycles. The highest BCUT2D eigenvalue weighted by Crippen LogP contribution is 2.23. The van der Waals surface area contributed by atoms with Crippen LogP contribution in [0.1, 0.15) is 26.6 Å². The van der Waals surface area contributed by atoms with Gasteiger partial charge in [0.2, 0.25) is 11.6 Å². The van der Waals surface area contributed by atoms with Crippen molar-refractivity contribution in [2.24, 2.45) is 0 Å². The molecule has 3 aromatic rings. The fraction of sp³-hybridized carbons (Fsp3) is 0.0667. The number of thiophene rings is 1. The van der Waals surface area contributed by atoms with E-state index in [9.17, 15) is 9.90 Å². The maximum absolute atomic E-state index is 11.8. The average molecular weight is 327 g/mol. The number of hydrogen-bond acceptors (Lipinski definition) is 7. The number of allylic oxidation sites excluding steroid dienone is 1. The third kappa shape index (κ3) is 3.61. The van der Waals surface area contributed by atoms with Gasteiger partial charge in [-0.3, -0.25) is 4.79 Å². The first-order chi connectivity index (χ1) is 11.1. The van der Waals surface area contributed by atoms with Crippen LogP contribution in [-0.2, 0) is 6.42 Å². The van der Waals surface area contributed by atoms with Crippen LogP contribution in [0.5, 0.6) is 0 Å². The number of nitrogens with one attached hydrogen (secondary N) is 1. The van der Waals surface area contributed by atoms with Crippen LogP contribution in [0, 0.1) is 0 Å². The second kappa shape index (κ2) is 6.41. The third-order valence-corrected chi connectivity index (χ3v) is 4.08. The first-order valence-electron chi connectivity index (χ1n) is 6.72. The molecular weight excluding hydrogens is 314 g/mol. The van der Waals surface area contributed by atoms with Crippen LogP contribution >= 0.6 is 11.3 Å². The maximum Gasteiger partial charge on any atom is 0.244 e. The summed E-state index contributed by atoms with van der Waals surface area (Å²) in [5.74, 6) is -0.726. The number of nitrogen functional groups attached to an aromatic ring is 1. The Bertz CT molecular complexity index is 837. The lowest BCUT2D eigenvalue weighted by Crippen LogP contribution is -1.99. The van der Waals surface area contributed by atoms with Gasteiger partial charge < -0.3 is 10.8 Å². The molecule has 0 radical (unpaired) electrons. The molecule has 0 saturated carbocycles. The van der Waals surface area contributed by atoms with Crippen molar-refractivity contribution in [1.82, 2.24) is 20.6 Å². The SMILES string of the molecule is Nc1ccc(Cc2cc(C(O)=CC(=O)c3nn[nH]n3)cs2)cc1. The summed E-state index contributed by atoms with van der Waals surface area (Å²) in [5, 5.41) is 24.5. The largest absolute Gasteiger partial charge is 0.507 e. The molecule has 23 heavy (non-hydrogen) atoms. The number of tetrazole rings is 1. The number of aliphatic hydroxyl groups excluding tert-OH is 1. The Hall–Kier alpha value is -3.00. The molecule has 0 saturated heterocycles. The second-order valence-electron chi connectivity index (χ2n) is 4.85. The summed E-state index contributed by atoms with van der Waals surface area (Å²) in [6.45, 7) is 0. The van der Waals surface area contributed by atoms with E-state index in [2.05, 4.69) is 20.6 Å². The van der Waals surface area contributed by atoms with Crippen LogP contribution < -0.4 is 5.73 Å². The van der Waals surface area contributed by atoms with Crippen LogP contribution in [-0.4, -0.2) is 31.5 Å². The zero-order valence-corrected chi connectivity index (χ0v) is 12.7. The molecule has 3 rings (SSSR count). The summed E-state index contributed by atoms with van der Waals surface area (Å²) < 4.78 is 0. The third-order valence-electron chi connectivity index (χ3n) is 3.14. The summed E-state index contributed by atoms with van der Waals surface area (Å²) >= 11 is 1.51. The lowest BCUT2D eigenvalue weighted by atomic mass is 10.1. The number of carbonyl (C=O) groups is 1. The fourth-order valence-electron chi connectivity index (χ4n) is 1.98. The highest BCUT2D eigenvalue weighted by atomic mass is 32.1. The number of benzene rings is 1. The number of nitrogens with zero attached hydrogens (tertiary/aromatic N) is 3. The minimum atomic E-state index is -0.512. The normalized spacial score (nSPS) is 11.6. The van der Waals surface area contributed by atoms with Crippen molar-refractivity contribution in [1.29, 1.82) is 0 Å². The van der Waals surface area contributed by atoms with Gasteiger partial charge in [-0.25, -0.2) is 0 Å². The Labute approximate surface area is 135 Å². The maximum atomic E-state index is 11.8. The van der Waals surface area contributed by atoms with Crippen molar-refractivity contribution in [2.75, 3.05) is 5.73 Å². The lowest BCUT2D eigenvalue weighted by molar-refractivity contribution is 0.103. The van der Waals surface area contributed by atoms with Gasteiger partial charge >= 0.3 is 0 Å². The highest BCUT2D eigenvalue weighted by molar-refractivity contribution is 7.10.